The summed E-state index contributed by atoms with van der Waals surface area (Å²) in [5.74, 6) is -0.617. The van der Waals surface area contributed by atoms with Crippen molar-refractivity contribution in [1.29, 1.82) is 5.41 Å². The third-order valence-corrected chi connectivity index (χ3v) is 7.15. The summed E-state index contributed by atoms with van der Waals surface area (Å²) in [6.45, 7) is 1.03. The topological polar surface area (TPSA) is 118 Å². The number of hydrogen-bond donors (Lipinski definition) is 2. The molecule has 3 rings (SSSR count). The molecule has 1 aromatic heterocycles. The first-order chi connectivity index (χ1) is 12.9. The summed E-state index contributed by atoms with van der Waals surface area (Å²) in [4.78, 5) is 17.3. The fraction of sp³-hybridized carbons (Fsp3) is 0.353. The van der Waals surface area contributed by atoms with Crippen molar-refractivity contribution in [1.82, 2.24) is 4.98 Å². The standard InChI is InChI=1S/C17H19N3O5S2/c1-24-9-12-8-19-17(26-12)20-16(21)15(18)11-2-4-13(5-3-11)27(22,23)14-6-7-25-10-14/h2-5,8,14,18H,6-7,9-10H2,1H3,(H,19,20,21)/t14-/m0/s1. The highest BCUT2D eigenvalue weighted by Gasteiger charge is 2.31. The molecular weight excluding hydrogens is 390 g/mol. The van der Waals surface area contributed by atoms with E-state index in [2.05, 4.69) is 10.3 Å². The Labute approximate surface area is 161 Å². The van der Waals surface area contributed by atoms with Gasteiger partial charge in [0, 0.05) is 25.5 Å². The molecule has 2 aromatic rings. The minimum atomic E-state index is -3.47. The van der Waals surface area contributed by atoms with Gasteiger partial charge in [-0.3, -0.25) is 15.5 Å². The normalized spacial score (nSPS) is 17.0. The Bertz CT molecular complexity index is 932. The third kappa shape index (κ3) is 4.41. The minimum Gasteiger partial charge on any atom is -0.380 e. The van der Waals surface area contributed by atoms with E-state index in [0.717, 1.165) is 4.88 Å². The summed E-state index contributed by atoms with van der Waals surface area (Å²) in [5, 5.41) is 10.4. The summed E-state index contributed by atoms with van der Waals surface area (Å²) < 4.78 is 35.2. The van der Waals surface area contributed by atoms with E-state index in [1.165, 1.54) is 35.6 Å². The van der Waals surface area contributed by atoms with Crippen molar-refractivity contribution in [3.63, 3.8) is 0 Å². The van der Waals surface area contributed by atoms with Crippen LogP contribution in [-0.4, -0.2) is 50.6 Å². The van der Waals surface area contributed by atoms with Crippen molar-refractivity contribution < 1.29 is 22.7 Å². The number of aromatic nitrogens is 1. The van der Waals surface area contributed by atoms with E-state index in [1.807, 2.05) is 0 Å². The maximum absolute atomic E-state index is 12.5. The number of thiazole rings is 1. The zero-order chi connectivity index (χ0) is 19.4. The Morgan fingerprint density at radius 2 is 2.15 bits per heavy atom. The van der Waals surface area contributed by atoms with Gasteiger partial charge in [0.25, 0.3) is 5.91 Å². The lowest BCUT2D eigenvalue weighted by atomic mass is 10.1. The van der Waals surface area contributed by atoms with Crippen LogP contribution in [0, 0.1) is 5.41 Å². The van der Waals surface area contributed by atoms with Gasteiger partial charge in [-0.15, -0.1) is 0 Å². The molecule has 27 heavy (non-hydrogen) atoms. The molecule has 0 aliphatic carbocycles. The molecule has 0 saturated carbocycles. The number of anilines is 1. The maximum atomic E-state index is 12.5. The van der Waals surface area contributed by atoms with Crippen LogP contribution in [0.25, 0.3) is 0 Å². The molecule has 1 aliphatic rings. The van der Waals surface area contributed by atoms with Gasteiger partial charge in [-0.05, 0) is 18.6 Å². The zero-order valence-electron chi connectivity index (χ0n) is 14.6. The molecule has 8 nitrogen and oxygen atoms in total. The van der Waals surface area contributed by atoms with E-state index in [-0.39, 0.29) is 17.2 Å². The fourth-order valence-corrected chi connectivity index (χ4v) is 4.99. The number of sulfone groups is 1. The van der Waals surface area contributed by atoms with Crippen LogP contribution in [-0.2, 0) is 30.7 Å². The summed E-state index contributed by atoms with van der Waals surface area (Å²) in [6, 6.07) is 5.77. The number of carbonyl (C=O) groups is 1. The first-order valence-electron chi connectivity index (χ1n) is 8.17. The van der Waals surface area contributed by atoms with Gasteiger partial charge in [-0.2, -0.15) is 0 Å². The molecule has 2 heterocycles. The molecular formula is C17H19N3O5S2. The number of hydrogen-bond acceptors (Lipinski definition) is 8. The first kappa shape index (κ1) is 19.6. The SMILES string of the molecule is COCc1cnc(NC(=O)C(=N)c2ccc(S(=O)(=O)[C@H]3CCOC3)cc2)s1. The highest BCUT2D eigenvalue weighted by molar-refractivity contribution is 7.92. The van der Waals surface area contributed by atoms with Crippen LogP contribution in [0.5, 0.6) is 0 Å². The second-order valence-electron chi connectivity index (χ2n) is 5.95. The third-order valence-electron chi connectivity index (χ3n) is 4.09. The van der Waals surface area contributed by atoms with Gasteiger partial charge in [0.2, 0.25) is 0 Å². The van der Waals surface area contributed by atoms with Gasteiger partial charge in [-0.25, -0.2) is 13.4 Å². The summed E-state index contributed by atoms with van der Waals surface area (Å²) in [7, 11) is -1.90. The molecule has 2 N–H and O–H groups in total. The van der Waals surface area contributed by atoms with Gasteiger partial charge in [0.1, 0.15) is 5.71 Å². The van der Waals surface area contributed by atoms with Crippen LogP contribution < -0.4 is 5.32 Å². The van der Waals surface area contributed by atoms with Crippen LogP contribution in [0.3, 0.4) is 0 Å². The van der Waals surface area contributed by atoms with E-state index < -0.39 is 21.0 Å². The second kappa shape index (κ2) is 8.26. The predicted octanol–water partition coefficient (Wildman–Crippen LogP) is 1.86. The molecule has 0 spiro atoms. The number of methoxy groups -OCH3 is 1. The summed E-state index contributed by atoms with van der Waals surface area (Å²) >= 11 is 1.26. The number of nitrogens with zero attached hydrogens (tertiary/aromatic N) is 1. The number of nitrogens with one attached hydrogen (secondary N) is 2. The van der Waals surface area contributed by atoms with E-state index >= 15 is 0 Å². The summed E-state index contributed by atoms with van der Waals surface area (Å²) in [5.41, 5.74) is 0.0504. The van der Waals surface area contributed by atoms with Gasteiger partial charge >= 0.3 is 0 Å². The smallest absolute Gasteiger partial charge is 0.275 e. The van der Waals surface area contributed by atoms with E-state index in [4.69, 9.17) is 14.9 Å². The Morgan fingerprint density at radius 3 is 2.78 bits per heavy atom. The molecule has 1 aliphatic heterocycles. The number of rotatable bonds is 7. The monoisotopic (exact) mass is 409 g/mol. The van der Waals surface area contributed by atoms with E-state index in [0.29, 0.717) is 30.3 Å². The molecule has 1 amide bonds. The van der Waals surface area contributed by atoms with Crippen LogP contribution >= 0.6 is 11.3 Å². The Morgan fingerprint density at radius 1 is 1.41 bits per heavy atom. The van der Waals surface area contributed by atoms with Crippen LogP contribution in [0.15, 0.2) is 35.4 Å². The number of carbonyl (C=O) groups excluding carboxylic acids is 1. The molecule has 0 bridgehead atoms. The van der Waals surface area contributed by atoms with Crippen LogP contribution in [0.4, 0.5) is 5.13 Å². The largest absolute Gasteiger partial charge is 0.380 e. The highest BCUT2D eigenvalue weighted by atomic mass is 32.2. The maximum Gasteiger partial charge on any atom is 0.275 e. The Balaban J connectivity index is 1.68. The fourth-order valence-electron chi connectivity index (χ4n) is 2.63. The van der Waals surface area contributed by atoms with Crippen molar-refractivity contribution in [2.75, 3.05) is 25.6 Å². The van der Waals surface area contributed by atoms with E-state index in [9.17, 15) is 13.2 Å². The van der Waals surface area contributed by atoms with Gasteiger partial charge in [0.15, 0.2) is 15.0 Å². The van der Waals surface area contributed by atoms with Gasteiger partial charge < -0.3 is 9.47 Å². The quantitative estimate of drug-likeness (QED) is 0.674. The molecule has 1 fully saturated rings. The lowest BCUT2D eigenvalue weighted by Gasteiger charge is -2.10. The molecule has 10 heteroatoms. The number of benzene rings is 1. The Kier molecular flexibility index (Phi) is 6.00. The molecule has 1 saturated heterocycles. The number of amides is 1. The molecule has 1 aromatic carbocycles. The lowest BCUT2D eigenvalue weighted by molar-refractivity contribution is -0.110. The molecule has 0 unspecified atom stereocenters. The van der Waals surface area contributed by atoms with Gasteiger partial charge in [-0.1, -0.05) is 23.5 Å². The molecule has 0 radical (unpaired) electrons. The predicted molar refractivity (Wildman–Crippen MR) is 101 cm³/mol. The molecule has 1 atom stereocenters. The van der Waals surface area contributed by atoms with Crippen molar-refractivity contribution in [2.45, 2.75) is 23.2 Å². The summed E-state index contributed by atoms with van der Waals surface area (Å²) in [6.07, 6.45) is 2.07. The minimum absolute atomic E-state index is 0.166. The highest BCUT2D eigenvalue weighted by Crippen LogP contribution is 2.23. The van der Waals surface area contributed by atoms with Crippen LogP contribution in [0.2, 0.25) is 0 Å². The second-order valence-corrected chi connectivity index (χ2v) is 9.29. The van der Waals surface area contributed by atoms with Gasteiger partial charge in [0.05, 0.1) is 28.2 Å². The Hall–Kier alpha value is -2.14. The van der Waals surface area contributed by atoms with Crippen LogP contribution in [0.1, 0.15) is 16.9 Å². The van der Waals surface area contributed by atoms with Crippen molar-refractivity contribution in [2.24, 2.45) is 0 Å². The zero-order valence-corrected chi connectivity index (χ0v) is 16.2. The first-order valence-corrected chi connectivity index (χ1v) is 10.5. The average molecular weight is 409 g/mol. The average Bonchev–Trinajstić information content (AvgIpc) is 3.34. The molecule has 144 valence electrons. The number of ether oxygens (including phenoxy) is 2. The van der Waals surface area contributed by atoms with E-state index in [1.54, 1.807) is 13.3 Å². The van der Waals surface area contributed by atoms with Crippen molar-refractivity contribution in [3.05, 3.63) is 40.9 Å². The van der Waals surface area contributed by atoms with Crippen molar-refractivity contribution >= 4 is 37.9 Å². The lowest BCUT2D eigenvalue weighted by Crippen LogP contribution is -2.23. The van der Waals surface area contributed by atoms with Crippen molar-refractivity contribution in [3.8, 4) is 0 Å².